The fourth-order valence-electron chi connectivity index (χ4n) is 2.71. The van der Waals surface area contributed by atoms with E-state index < -0.39 is 5.60 Å². The van der Waals surface area contributed by atoms with Crippen LogP contribution in [0.1, 0.15) is 36.8 Å². The number of aliphatic hydroxyl groups is 1. The Bertz CT molecular complexity index is 364. The van der Waals surface area contributed by atoms with E-state index in [4.69, 9.17) is 5.73 Å². The lowest BCUT2D eigenvalue weighted by molar-refractivity contribution is -0.00203. The van der Waals surface area contributed by atoms with Crippen LogP contribution >= 0.6 is 0 Å². The minimum Gasteiger partial charge on any atom is -0.389 e. The van der Waals surface area contributed by atoms with Gasteiger partial charge in [0.15, 0.2) is 0 Å². The summed E-state index contributed by atoms with van der Waals surface area (Å²) in [6, 6.07) is 8.45. The highest BCUT2D eigenvalue weighted by atomic mass is 16.3. The minimum atomic E-state index is -0.580. The number of hydrogen-bond donors (Lipinski definition) is 2. The molecule has 2 nitrogen and oxygen atoms in total. The van der Waals surface area contributed by atoms with Crippen LogP contribution in [0.15, 0.2) is 24.3 Å². The van der Waals surface area contributed by atoms with Crippen LogP contribution in [0.4, 0.5) is 0 Å². The summed E-state index contributed by atoms with van der Waals surface area (Å²) in [5, 5.41) is 10.5. The Labute approximate surface area is 97.5 Å². The maximum Gasteiger partial charge on any atom is 0.0702 e. The molecule has 1 fully saturated rings. The fourth-order valence-corrected chi connectivity index (χ4v) is 2.71. The first kappa shape index (κ1) is 11.6. The average molecular weight is 219 g/mol. The van der Waals surface area contributed by atoms with E-state index in [0.29, 0.717) is 0 Å². The van der Waals surface area contributed by atoms with Crippen molar-refractivity contribution in [2.24, 2.45) is 5.73 Å². The molecule has 1 aliphatic rings. The third-order valence-electron chi connectivity index (χ3n) is 3.64. The first-order valence-corrected chi connectivity index (χ1v) is 6.12. The molecule has 2 unspecified atom stereocenters. The van der Waals surface area contributed by atoms with Crippen LogP contribution < -0.4 is 5.73 Å². The Morgan fingerprint density at radius 3 is 2.88 bits per heavy atom. The molecule has 0 saturated heterocycles. The van der Waals surface area contributed by atoms with Crippen LogP contribution in [0.3, 0.4) is 0 Å². The lowest BCUT2D eigenvalue weighted by Gasteiger charge is -2.35. The molecule has 0 aliphatic heterocycles. The van der Waals surface area contributed by atoms with Crippen molar-refractivity contribution in [3.63, 3.8) is 0 Å². The molecule has 0 bridgehead atoms. The molecule has 1 aromatic rings. The highest BCUT2D eigenvalue weighted by molar-refractivity contribution is 5.27. The van der Waals surface area contributed by atoms with Gasteiger partial charge in [-0.3, -0.25) is 0 Å². The zero-order chi connectivity index (χ0) is 11.6. The Balaban J connectivity index is 2.11. The number of aryl methyl sites for hydroxylation is 1. The van der Waals surface area contributed by atoms with Crippen molar-refractivity contribution < 1.29 is 5.11 Å². The van der Waals surface area contributed by atoms with Crippen molar-refractivity contribution in [2.45, 2.75) is 50.7 Å². The zero-order valence-electron chi connectivity index (χ0n) is 9.95. The van der Waals surface area contributed by atoms with E-state index in [-0.39, 0.29) is 6.04 Å². The highest BCUT2D eigenvalue weighted by Crippen LogP contribution is 2.31. The van der Waals surface area contributed by atoms with Gasteiger partial charge in [0.2, 0.25) is 0 Å². The summed E-state index contributed by atoms with van der Waals surface area (Å²) in [6.07, 6.45) is 4.46. The maximum atomic E-state index is 10.5. The number of hydrogen-bond acceptors (Lipinski definition) is 2. The van der Waals surface area contributed by atoms with Crippen molar-refractivity contribution in [3.8, 4) is 0 Å². The van der Waals surface area contributed by atoms with Gasteiger partial charge in [0, 0.05) is 12.5 Å². The predicted molar refractivity (Wildman–Crippen MR) is 66.3 cm³/mol. The summed E-state index contributed by atoms with van der Waals surface area (Å²) >= 11 is 0. The smallest absolute Gasteiger partial charge is 0.0702 e. The lowest BCUT2D eigenvalue weighted by atomic mass is 9.78. The lowest BCUT2D eigenvalue weighted by Crippen LogP contribution is -2.42. The van der Waals surface area contributed by atoms with Crippen molar-refractivity contribution in [3.05, 3.63) is 35.4 Å². The molecule has 1 saturated carbocycles. The predicted octanol–water partition coefficient (Wildman–Crippen LogP) is 2.17. The summed E-state index contributed by atoms with van der Waals surface area (Å²) in [4.78, 5) is 0. The van der Waals surface area contributed by atoms with Crippen molar-refractivity contribution in [1.29, 1.82) is 0 Å². The minimum absolute atomic E-state index is 0.169. The third-order valence-corrected chi connectivity index (χ3v) is 3.64. The average Bonchev–Trinajstić information content (AvgIpc) is 2.21. The highest BCUT2D eigenvalue weighted by Gasteiger charge is 2.33. The first-order chi connectivity index (χ1) is 7.59. The second-order valence-electron chi connectivity index (χ2n) is 5.18. The molecule has 88 valence electrons. The normalized spacial score (nSPS) is 30.3. The van der Waals surface area contributed by atoms with Gasteiger partial charge in [-0.2, -0.15) is 0 Å². The van der Waals surface area contributed by atoms with Gasteiger partial charge >= 0.3 is 0 Å². The topological polar surface area (TPSA) is 46.2 Å². The van der Waals surface area contributed by atoms with E-state index >= 15 is 0 Å². The SMILES string of the molecule is Cc1ccccc1CC1(O)CCCC(N)C1. The Morgan fingerprint density at radius 2 is 2.19 bits per heavy atom. The summed E-state index contributed by atoms with van der Waals surface area (Å²) in [6.45, 7) is 2.10. The van der Waals surface area contributed by atoms with Crippen molar-refractivity contribution in [2.75, 3.05) is 0 Å². The van der Waals surface area contributed by atoms with Crippen LogP contribution in [-0.4, -0.2) is 16.7 Å². The van der Waals surface area contributed by atoms with E-state index in [9.17, 15) is 5.11 Å². The van der Waals surface area contributed by atoms with Gasteiger partial charge in [-0.1, -0.05) is 24.3 Å². The third kappa shape index (κ3) is 2.63. The zero-order valence-corrected chi connectivity index (χ0v) is 9.95. The summed E-state index contributed by atoms with van der Waals surface area (Å²) < 4.78 is 0. The second kappa shape index (κ2) is 4.56. The molecule has 2 atom stereocenters. The molecular formula is C14H21NO. The van der Waals surface area contributed by atoms with E-state index in [2.05, 4.69) is 19.1 Å². The number of nitrogens with two attached hydrogens (primary N) is 1. The van der Waals surface area contributed by atoms with Gasteiger partial charge in [0.1, 0.15) is 0 Å². The molecule has 16 heavy (non-hydrogen) atoms. The molecule has 0 amide bonds. The van der Waals surface area contributed by atoms with Gasteiger partial charge in [-0.25, -0.2) is 0 Å². The van der Waals surface area contributed by atoms with Gasteiger partial charge in [0.25, 0.3) is 0 Å². The molecule has 1 aliphatic carbocycles. The van der Waals surface area contributed by atoms with Crippen molar-refractivity contribution >= 4 is 0 Å². The van der Waals surface area contributed by atoms with Crippen molar-refractivity contribution in [1.82, 2.24) is 0 Å². The summed E-state index contributed by atoms with van der Waals surface area (Å²) in [5.41, 5.74) is 7.87. The number of rotatable bonds is 2. The van der Waals surface area contributed by atoms with Crippen LogP contribution in [0, 0.1) is 6.92 Å². The summed E-state index contributed by atoms with van der Waals surface area (Å²) in [5.74, 6) is 0. The Kier molecular flexibility index (Phi) is 3.31. The largest absolute Gasteiger partial charge is 0.389 e. The summed E-state index contributed by atoms with van der Waals surface area (Å²) in [7, 11) is 0. The van der Waals surface area contributed by atoms with E-state index in [0.717, 1.165) is 32.1 Å². The monoisotopic (exact) mass is 219 g/mol. The quantitative estimate of drug-likeness (QED) is 0.800. The van der Waals surface area contributed by atoms with E-state index in [1.54, 1.807) is 0 Å². The molecule has 0 heterocycles. The van der Waals surface area contributed by atoms with Gasteiger partial charge in [-0.15, -0.1) is 0 Å². The molecular weight excluding hydrogens is 198 g/mol. The Morgan fingerprint density at radius 1 is 1.44 bits per heavy atom. The van der Waals surface area contributed by atoms with Gasteiger partial charge < -0.3 is 10.8 Å². The molecule has 0 aromatic heterocycles. The molecule has 0 radical (unpaired) electrons. The van der Waals surface area contributed by atoms with Gasteiger partial charge in [-0.05, 0) is 43.7 Å². The Hall–Kier alpha value is -0.860. The molecule has 0 spiro atoms. The molecule has 2 heteroatoms. The fraction of sp³-hybridized carbons (Fsp3) is 0.571. The van der Waals surface area contributed by atoms with E-state index in [1.807, 2.05) is 12.1 Å². The van der Waals surface area contributed by atoms with Crippen LogP contribution in [-0.2, 0) is 6.42 Å². The first-order valence-electron chi connectivity index (χ1n) is 6.12. The standard InChI is InChI=1S/C14H21NO/c1-11-5-2-3-6-12(11)9-14(16)8-4-7-13(15)10-14/h2-3,5-6,13,16H,4,7-10,15H2,1H3. The molecule has 3 N–H and O–H groups in total. The maximum absolute atomic E-state index is 10.5. The molecule has 2 rings (SSSR count). The van der Waals surface area contributed by atoms with Crippen LogP contribution in [0.5, 0.6) is 0 Å². The van der Waals surface area contributed by atoms with Crippen LogP contribution in [0.2, 0.25) is 0 Å². The molecule has 1 aromatic carbocycles. The van der Waals surface area contributed by atoms with Crippen LogP contribution in [0.25, 0.3) is 0 Å². The number of benzene rings is 1. The van der Waals surface area contributed by atoms with Gasteiger partial charge in [0.05, 0.1) is 5.60 Å². The van der Waals surface area contributed by atoms with E-state index in [1.165, 1.54) is 11.1 Å². The second-order valence-corrected chi connectivity index (χ2v) is 5.18.